The van der Waals surface area contributed by atoms with Crippen LogP contribution in [0.3, 0.4) is 0 Å². The Morgan fingerprint density at radius 3 is 2.64 bits per heavy atom. The number of fused-ring (bicyclic) bond motifs is 2. The minimum Gasteiger partial charge on any atom is -0.488 e. The summed E-state index contributed by atoms with van der Waals surface area (Å²) >= 11 is 5.81. The van der Waals surface area contributed by atoms with E-state index in [0.29, 0.717) is 49.4 Å². The van der Waals surface area contributed by atoms with Crippen LogP contribution in [0.2, 0.25) is 5.02 Å². The maximum Gasteiger partial charge on any atom is 0.419 e. The van der Waals surface area contributed by atoms with Gasteiger partial charge in [0.1, 0.15) is 24.0 Å². The third-order valence-corrected chi connectivity index (χ3v) is 8.62. The molecule has 0 amide bonds. The van der Waals surface area contributed by atoms with Crippen molar-refractivity contribution in [2.75, 3.05) is 20.3 Å². The zero-order valence-corrected chi connectivity index (χ0v) is 24.8. The minimum absolute atomic E-state index is 0.0263. The average molecular weight is 632 g/mol. The van der Waals surface area contributed by atoms with Crippen molar-refractivity contribution in [3.05, 3.63) is 93.0 Å². The number of halogens is 5. The number of rotatable bonds is 8. The number of ether oxygens (including phenoxy) is 3. The van der Waals surface area contributed by atoms with E-state index in [0.717, 1.165) is 35.4 Å². The number of carbonyl (C=O) groups excluding carboxylic acids is 1. The summed E-state index contributed by atoms with van der Waals surface area (Å²) in [6.07, 6.45) is -3.32. The van der Waals surface area contributed by atoms with Crippen molar-refractivity contribution in [1.82, 2.24) is 14.5 Å². The Balaban J connectivity index is 1.30. The molecule has 0 radical (unpaired) electrons. The van der Waals surface area contributed by atoms with Crippen LogP contribution >= 0.6 is 11.6 Å². The van der Waals surface area contributed by atoms with Crippen LogP contribution in [0.15, 0.2) is 48.5 Å². The number of aromatic nitrogens is 2. The number of benzene rings is 3. The first-order chi connectivity index (χ1) is 21.0. The molecule has 2 aliphatic heterocycles. The van der Waals surface area contributed by atoms with Gasteiger partial charge in [0.15, 0.2) is 0 Å². The molecule has 0 aliphatic carbocycles. The molecule has 0 spiro atoms. The zero-order chi connectivity index (χ0) is 31.2. The Kier molecular flexibility index (Phi) is 8.29. The average Bonchev–Trinajstić information content (AvgIpc) is 3.30. The molecule has 2 aliphatic rings. The van der Waals surface area contributed by atoms with E-state index in [2.05, 4.69) is 9.47 Å². The van der Waals surface area contributed by atoms with Crippen molar-refractivity contribution in [2.24, 2.45) is 0 Å². The summed E-state index contributed by atoms with van der Waals surface area (Å²) in [5.41, 5.74) is 2.41. The third kappa shape index (κ3) is 6.00. The van der Waals surface area contributed by atoms with Crippen molar-refractivity contribution in [2.45, 2.75) is 57.8 Å². The summed E-state index contributed by atoms with van der Waals surface area (Å²) in [4.78, 5) is 19.2. The summed E-state index contributed by atoms with van der Waals surface area (Å²) in [5.74, 6) is -0.701. The maximum absolute atomic E-state index is 14.3. The first-order valence-corrected chi connectivity index (χ1v) is 14.6. The van der Waals surface area contributed by atoms with Crippen LogP contribution in [0.1, 0.15) is 57.8 Å². The molecule has 2 atom stereocenters. The van der Waals surface area contributed by atoms with Crippen LogP contribution in [-0.2, 0) is 41.8 Å². The van der Waals surface area contributed by atoms with Crippen LogP contribution < -0.4 is 4.74 Å². The van der Waals surface area contributed by atoms with Crippen LogP contribution in [0.25, 0.3) is 11.0 Å². The van der Waals surface area contributed by atoms with Gasteiger partial charge in [-0.25, -0.2) is 14.2 Å². The van der Waals surface area contributed by atoms with E-state index in [4.69, 9.17) is 30.8 Å². The van der Waals surface area contributed by atoms with Gasteiger partial charge < -0.3 is 18.8 Å². The number of esters is 1. The molecule has 0 N–H and O–H groups in total. The van der Waals surface area contributed by atoms with Crippen molar-refractivity contribution in [1.29, 1.82) is 0 Å². The second-order valence-corrected chi connectivity index (χ2v) is 11.5. The second-order valence-electron chi connectivity index (χ2n) is 11.1. The molecule has 1 saturated heterocycles. The van der Waals surface area contributed by atoms with Crippen LogP contribution in [0.5, 0.6) is 5.75 Å². The molecular weight excluding hydrogens is 602 g/mol. The number of imidazole rings is 1. The number of methoxy groups -OCH3 is 1. The molecule has 0 bridgehead atoms. The smallest absolute Gasteiger partial charge is 0.419 e. The quantitative estimate of drug-likeness (QED) is 0.152. The molecule has 1 aromatic heterocycles. The van der Waals surface area contributed by atoms with Crippen molar-refractivity contribution in [3.8, 4) is 5.75 Å². The van der Waals surface area contributed by atoms with Crippen molar-refractivity contribution >= 4 is 28.6 Å². The highest BCUT2D eigenvalue weighted by atomic mass is 35.5. The lowest BCUT2D eigenvalue weighted by Crippen LogP contribution is -2.36. The molecule has 3 heterocycles. The molecule has 4 aromatic rings. The van der Waals surface area contributed by atoms with Gasteiger partial charge >= 0.3 is 12.1 Å². The normalized spacial score (nSPS) is 18.6. The highest BCUT2D eigenvalue weighted by Crippen LogP contribution is 2.42. The van der Waals surface area contributed by atoms with Gasteiger partial charge in [-0.3, -0.25) is 4.90 Å². The van der Waals surface area contributed by atoms with E-state index in [-0.39, 0.29) is 35.1 Å². The van der Waals surface area contributed by atoms with E-state index >= 15 is 0 Å². The molecule has 0 saturated carbocycles. The minimum atomic E-state index is -4.65. The lowest BCUT2D eigenvalue weighted by Gasteiger charge is -2.36. The van der Waals surface area contributed by atoms with Gasteiger partial charge in [-0.1, -0.05) is 17.7 Å². The van der Waals surface area contributed by atoms with Crippen LogP contribution in [0, 0.1) is 5.82 Å². The summed E-state index contributed by atoms with van der Waals surface area (Å²) in [6.45, 7) is 3.73. The SMILES string of the molecule is COC(=O)c1ccc2nc(CN3CCc4cc(C(F)(F)F)c(OCc5ccc(Cl)cc5F)cc4[C@@H]3C)n(C[C@@H]3CCO3)c2c1. The Morgan fingerprint density at radius 2 is 1.95 bits per heavy atom. The van der Waals surface area contributed by atoms with Gasteiger partial charge in [0.25, 0.3) is 0 Å². The molecule has 1 fully saturated rings. The molecule has 6 rings (SSSR count). The van der Waals surface area contributed by atoms with Crippen molar-refractivity contribution in [3.63, 3.8) is 0 Å². The van der Waals surface area contributed by atoms with Crippen molar-refractivity contribution < 1.29 is 36.6 Å². The van der Waals surface area contributed by atoms with E-state index in [1.807, 2.05) is 6.92 Å². The van der Waals surface area contributed by atoms with Gasteiger partial charge in [-0.15, -0.1) is 0 Å². The maximum atomic E-state index is 14.3. The number of hydrogen-bond acceptors (Lipinski definition) is 6. The topological polar surface area (TPSA) is 65.8 Å². The molecule has 232 valence electrons. The largest absolute Gasteiger partial charge is 0.488 e. The first kappa shape index (κ1) is 30.4. The van der Waals surface area contributed by atoms with E-state index < -0.39 is 23.5 Å². The summed E-state index contributed by atoms with van der Waals surface area (Å²) < 4.78 is 74.9. The highest BCUT2D eigenvalue weighted by molar-refractivity contribution is 6.30. The fraction of sp³-hybridized carbons (Fsp3) is 0.375. The number of hydrogen-bond donors (Lipinski definition) is 0. The van der Waals surface area contributed by atoms with Crippen LogP contribution in [-0.4, -0.2) is 46.8 Å². The predicted octanol–water partition coefficient (Wildman–Crippen LogP) is 7.12. The predicted molar refractivity (Wildman–Crippen MR) is 155 cm³/mol. The molecule has 12 heteroatoms. The standard InChI is InChI=1S/C32H30ClF4N3O4/c1-18-24-14-29(44-17-21-3-5-22(33)13-26(21)34)25(32(35,36)37)11-19(24)7-9-39(18)16-30-38-27-6-4-20(31(41)42-2)12-28(27)40(30)15-23-8-10-43-23/h3-6,11-14,18,23H,7-10,15-17H2,1-2H3/t18-,23-/m0/s1. The lowest BCUT2D eigenvalue weighted by molar-refractivity contribution is -0.139. The first-order valence-electron chi connectivity index (χ1n) is 14.3. The van der Waals surface area contributed by atoms with Gasteiger partial charge in [0, 0.05) is 29.8 Å². The van der Waals surface area contributed by atoms with E-state index in [9.17, 15) is 22.4 Å². The highest BCUT2D eigenvalue weighted by Gasteiger charge is 2.37. The summed E-state index contributed by atoms with van der Waals surface area (Å²) in [5, 5.41) is 0.183. The fourth-order valence-corrected chi connectivity index (χ4v) is 5.97. The zero-order valence-electron chi connectivity index (χ0n) is 24.1. The Bertz CT molecular complexity index is 1720. The van der Waals surface area contributed by atoms with E-state index in [1.165, 1.54) is 25.3 Å². The molecular formula is C32H30ClF4N3O4. The van der Waals surface area contributed by atoms with Gasteiger partial charge in [-0.2, -0.15) is 13.2 Å². The number of alkyl halides is 3. The van der Waals surface area contributed by atoms with Gasteiger partial charge in [0.2, 0.25) is 0 Å². The lowest BCUT2D eigenvalue weighted by atomic mass is 9.91. The number of carbonyl (C=O) groups is 1. The summed E-state index contributed by atoms with van der Waals surface area (Å²) in [6, 6.07) is 11.5. The summed E-state index contributed by atoms with van der Waals surface area (Å²) in [7, 11) is 1.33. The second kappa shape index (κ2) is 12.0. The van der Waals surface area contributed by atoms with Gasteiger partial charge in [-0.05, 0) is 73.4 Å². The molecule has 44 heavy (non-hydrogen) atoms. The molecule has 0 unspecified atom stereocenters. The Hall–Kier alpha value is -3.67. The van der Waals surface area contributed by atoms with Gasteiger partial charge in [0.05, 0.1) is 48.5 Å². The number of nitrogens with zero attached hydrogens (tertiary/aromatic N) is 3. The molecule has 7 nitrogen and oxygen atoms in total. The Morgan fingerprint density at radius 1 is 1.16 bits per heavy atom. The third-order valence-electron chi connectivity index (χ3n) is 8.38. The van der Waals surface area contributed by atoms with Crippen LogP contribution in [0.4, 0.5) is 17.6 Å². The molecule has 3 aromatic carbocycles. The van der Waals surface area contributed by atoms with E-state index in [1.54, 1.807) is 18.2 Å². The fourth-order valence-electron chi connectivity index (χ4n) is 5.81. The Labute approximate surface area is 256 Å². The monoisotopic (exact) mass is 631 g/mol.